The molecule has 0 spiro atoms. The van der Waals surface area contributed by atoms with Gasteiger partial charge >= 0.3 is 5.97 Å². The Kier molecular flexibility index (Phi) is 3.50. The number of nitrogens with zero attached hydrogens (tertiary/aromatic N) is 2. The number of oxazole rings is 1. The number of carboxylic acid groups (broad SMARTS) is 1. The maximum atomic E-state index is 11.8. The molecule has 0 fully saturated rings. The zero-order valence-corrected chi connectivity index (χ0v) is 10.7. The standard InChI is InChI=1S/C13H14N2O4/c1-8(13(17)18)12(16)15(2)6-9-3-4-10-11(5-9)19-7-14-10/h3-5,7-8H,6H2,1-2H3,(H,17,18). The summed E-state index contributed by atoms with van der Waals surface area (Å²) < 4.78 is 5.18. The Balaban J connectivity index is 2.11. The highest BCUT2D eigenvalue weighted by atomic mass is 16.4. The summed E-state index contributed by atoms with van der Waals surface area (Å²) in [5.74, 6) is -2.59. The van der Waals surface area contributed by atoms with Crippen molar-refractivity contribution < 1.29 is 19.1 Å². The third kappa shape index (κ3) is 2.73. The van der Waals surface area contributed by atoms with Crippen LogP contribution < -0.4 is 0 Å². The summed E-state index contributed by atoms with van der Waals surface area (Å²) in [4.78, 5) is 28.0. The molecule has 6 heteroatoms. The largest absolute Gasteiger partial charge is 0.481 e. The van der Waals surface area contributed by atoms with Crippen molar-refractivity contribution in [1.29, 1.82) is 0 Å². The van der Waals surface area contributed by atoms with Gasteiger partial charge < -0.3 is 14.4 Å². The number of rotatable bonds is 4. The molecular weight excluding hydrogens is 248 g/mol. The third-order valence-electron chi connectivity index (χ3n) is 2.93. The molecule has 1 unspecified atom stereocenters. The van der Waals surface area contributed by atoms with E-state index in [9.17, 15) is 9.59 Å². The molecule has 0 bridgehead atoms. The van der Waals surface area contributed by atoms with Crippen molar-refractivity contribution >= 4 is 23.0 Å². The molecule has 1 aromatic heterocycles. The van der Waals surface area contributed by atoms with Crippen LogP contribution in [0.4, 0.5) is 0 Å². The molecule has 2 aromatic rings. The second kappa shape index (κ2) is 5.09. The van der Waals surface area contributed by atoms with Gasteiger partial charge in [-0.2, -0.15) is 0 Å². The zero-order valence-electron chi connectivity index (χ0n) is 10.7. The van der Waals surface area contributed by atoms with Crippen molar-refractivity contribution in [2.75, 3.05) is 7.05 Å². The highest BCUT2D eigenvalue weighted by molar-refractivity contribution is 5.96. The summed E-state index contributed by atoms with van der Waals surface area (Å²) in [6.07, 6.45) is 1.36. The van der Waals surface area contributed by atoms with Gasteiger partial charge in [-0.3, -0.25) is 9.59 Å². The van der Waals surface area contributed by atoms with E-state index in [0.29, 0.717) is 12.1 Å². The molecule has 6 nitrogen and oxygen atoms in total. The maximum absolute atomic E-state index is 11.8. The number of hydrogen-bond donors (Lipinski definition) is 1. The van der Waals surface area contributed by atoms with Crippen molar-refractivity contribution in [3.63, 3.8) is 0 Å². The average molecular weight is 262 g/mol. The predicted molar refractivity (Wildman–Crippen MR) is 67.3 cm³/mol. The van der Waals surface area contributed by atoms with Gasteiger partial charge in [0.2, 0.25) is 5.91 Å². The molecule has 2 rings (SSSR count). The number of carbonyl (C=O) groups is 2. The first-order valence-electron chi connectivity index (χ1n) is 5.79. The van der Waals surface area contributed by atoms with Crippen molar-refractivity contribution in [1.82, 2.24) is 9.88 Å². The lowest BCUT2D eigenvalue weighted by atomic mass is 10.1. The van der Waals surface area contributed by atoms with E-state index in [4.69, 9.17) is 9.52 Å². The number of hydrogen-bond acceptors (Lipinski definition) is 4. The predicted octanol–water partition coefficient (Wildman–Crippen LogP) is 1.51. The number of carbonyl (C=O) groups excluding carboxylic acids is 1. The molecule has 0 radical (unpaired) electrons. The van der Waals surface area contributed by atoms with Crippen LogP contribution in [0, 0.1) is 5.92 Å². The number of benzene rings is 1. The fourth-order valence-corrected chi connectivity index (χ4v) is 1.79. The molecule has 100 valence electrons. The molecule has 1 N–H and O–H groups in total. The minimum atomic E-state index is -1.12. The fourth-order valence-electron chi connectivity index (χ4n) is 1.79. The van der Waals surface area contributed by atoms with Crippen LogP contribution in [-0.4, -0.2) is 33.9 Å². The van der Waals surface area contributed by atoms with Gasteiger partial charge in [-0.25, -0.2) is 4.98 Å². The van der Waals surface area contributed by atoms with Crippen LogP contribution >= 0.6 is 0 Å². The quantitative estimate of drug-likeness (QED) is 0.844. The molecule has 0 aliphatic carbocycles. The van der Waals surface area contributed by atoms with Crippen LogP contribution in [0.25, 0.3) is 11.1 Å². The van der Waals surface area contributed by atoms with Gasteiger partial charge in [0, 0.05) is 13.6 Å². The van der Waals surface area contributed by atoms with Gasteiger partial charge in [-0.1, -0.05) is 6.07 Å². The number of aromatic nitrogens is 1. The number of aliphatic carboxylic acids is 1. The number of fused-ring (bicyclic) bond motifs is 1. The first kappa shape index (κ1) is 13.1. The second-order valence-corrected chi connectivity index (χ2v) is 4.41. The molecule has 1 atom stereocenters. The SMILES string of the molecule is CC(C(=O)O)C(=O)N(C)Cc1ccc2ncoc2c1. The zero-order chi connectivity index (χ0) is 14.0. The van der Waals surface area contributed by atoms with E-state index >= 15 is 0 Å². The van der Waals surface area contributed by atoms with E-state index in [1.165, 1.54) is 18.2 Å². The Labute approximate surface area is 109 Å². The van der Waals surface area contributed by atoms with E-state index in [1.54, 1.807) is 19.2 Å². The Morgan fingerprint density at radius 1 is 1.47 bits per heavy atom. The van der Waals surface area contributed by atoms with E-state index in [1.807, 2.05) is 6.07 Å². The fraction of sp³-hybridized carbons (Fsp3) is 0.308. The lowest BCUT2D eigenvalue weighted by Gasteiger charge is -2.19. The molecule has 1 aromatic carbocycles. The van der Waals surface area contributed by atoms with Gasteiger partial charge in [0.1, 0.15) is 11.4 Å². The van der Waals surface area contributed by atoms with E-state index in [2.05, 4.69) is 4.98 Å². The van der Waals surface area contributed by atoms with Gasteiger partial charge in [-0.15, -0.1) is 0 Å². The van der Waals surface area contributed by atoms with Crippen molar-refractivity contribution in [2.24, 2.45) is 5.92 Å². The van der Waals surface area contributed by atoms with E-state index in [-0.39, 0.29) is 0 Å². The Bertz CT molecular complexity index is 620. The highest BCUT2D eigenvalue weighted by Gasteiger charge is 2.23. The second-order valence-electron chi connectivity index (χ2n) is 4.41. The summed E-state index contributed by atoms with van der Waals surface area (Å²) in [5, 5.41) is 8.81. The monoisotopic (exact) mass is 262 g/mol. The molecule has 0 saturated carbocycles. The molecule has 0 saturated heterocycles. The molecule has 1 amide bonds. The first-order valence-corrected chi connectivity index (χ1v) is 5.79. The Morgan fingerprint density at radius 3 is 2.89 bits per heavy atom. The smallest absolute Gasteiger partial charge is 0.315 e. The summed E-state index contributed by atoms with van der Waals surface area (Å²) >= 11 is 0. The molecule has 0 aliphatic heterocycles. The van der Waals surface area contributed by atoms with Crippen molar-refractivity contribution in [3.05, 3.63) is 30.2 Å². The van der Waals surface area contributed by atoms with Crippen LogP contribution in [0.5, 0.6) is 0 Å². The lowest BCUT2D eigenvalue weighted by molar-refractivity contribution is -0.149. The van der Waals surface area contributed by atoms with Crippen molar-refractivity contribution in [2.45, 2.75) is 13.5 Å². The lowest BCUT2D eigenvalue weighted by Crippen LogP contribution is -2.34. The van der Waals surface area contributed by atoms with Crippen LogP contribution in [0.3, 0.4) is 0 Å². The van der Waals surface area contributed by atoms with Crippen LogP contribution in [0.1, 0.15) is 12.5 Å². The van der Waals surface area contributed by atoms with Crippen LogP contribution in [0.15, 0.2) is 29.0 Å². The Morgan fingerprint density at radius 2 is 2.21 bits per heavy atom. The number of amides is 1. The maximum Gasteiger partial charge on any atom is 0.315 e. The van der Waals surface area contributed by atoms with Crippen molar-refractivity contribution in [3.8, 4) is 0 Å². The minimum absolute atomic E-state index is 0.326. The van der Waals surface area contributed by atoms with Gasteiger partial charge in [0.05, 0.1) is 0 Å². The van der Waals surface area contributed by atoms with Crippen LogP contribution in [-0.2, 0) is 16.1 Å². The van der Waals surface area contributed by atoms with Gasteiger partial charge in [-0.05, 0) is 24.6 Å². The first-order chi connectivity index (χ1) is 8.99. The molecule has 1 heterocycles. The summed E-state index contributed by atoms with van der Waals surface area (Å²) in [7, 11) is 1.58. The normalized spacial score (nSPS) is 12.3. The Hall–Kier alpha value is -2.37. The third-order valence-corrected chi connectivity index (χ3v) is 2.93. The summed E-state index contributed by atoms with van der Waals surface area (Å²) in [6.45, 7) is 1.70. The molecule has 19 heavy (non-hydrogen) atoms. The van der Waals surface area contributed by atoms with Crippen LogP contribution in [0.2, 0.25) is 0 Å². The topological polar surface area (TPSA) is 83.6 Å². The van der Waals surface area contributed by atoms with E-state index < -0.39 is 17.8 Å². The summed E-state index contributed by atoms with van der Waals surface area (Å²) in [5.41, 5.74) is 2.25. The highest BCUT2D eigenvalue weighted by Crippen LogP contribution is 2.16. The van der Waals surface area contributed by atoms with Gasteiger partial charge in [0.25, 0.3) is 0 Å². The number of carboxylic acids is 1. The van der Waals surface area contributed by atoms with E-state index in [0.717, 1.165) is 11.1 Å². The minimum Gasteiger partial charge on any atom is -0.481 e. The summed E-state index contributed by atoms with van der Waals surface area (Å²) in [6, 6.07) is 5.42. The molecular formula is C13H14N2O4. The molecule has 0 aliphatic rings. The van der Waals surface area contributed by atoms with Gasteiger partial charge in [0.15, 0.2) is 12.0 Å². The average Bonchev–Trinajstić information content (AvgIpc) is 2.84.